The molecule has 3 aromatic rings. The van der Waals surface area contributed by atoms with E-state index in [0.29, 0.717) is 26.2 Å². The van der Waals surface area contributed by atoms with E-state index in [0.717, 1.165) is 42.5 Å². The van der Waals surface area contributed by atoms with Crippen LogP contribution in [0.1, 0.15) is 41.3 Å². The number of urea groups is 1. The van der Waals surface area contributed by atoms with Gasteiger partial charge in [-0.05, 0) is 48.4 Å². The van der Waals surface area contributed by atoms with Crippen LogP contribution in [-0.2, 0) is 22.4 Å². The number of thioether (sulfide) groups is 1. The molecule has 2 fully saturated rings. The van der Waals surface area contributed by atoms with E-state index in [-0.39, 0.29) is 35.7 Å². The summed E-state index contributed by atoms with van der Waals surface area (Å²) in [7, 11) is 0. The molecule has 0 aromatic heterocycles. The number of carbonyl (C=O) groups is 3. The Labute approximate surface area is 245 Å². The van der Waals surface area contributed by atoms with Gasteiger partial charge < -0.3 is 20.0 Å². The molecule has 0 aliphatic carbocycles. The van der Waals surface area contributed by atoms with Crippen LogP contribution in [0, 0.1) is 0 Å². The first-order valence-electron chi connectivity index (χ1n) is 14.5. The van der Waals surface area contributed by atoms with Gasteiger partial charge in [0.15, 0.2) is 0 Å². The summed E-state index contributed by atoms with van der Waals surface area (Å²) in [4.78, 5) is 45.8. The Bertz CT molecular complexity index is 1380. The number of nitrogens with one attached hydrogen (secondary N) is 1. The zero-order chi connectivity index (χ0) is 28.2. The van der Waals surface area contributed by atoms with Crippen LogP contribution in [-0.4, -0.2) is 70.0 Å². The summed E-state index contributed by atoms with van der Waals surface area (Å²) in [5.74, 6) is 0.0718. The molecule has 3 aliphatic rings. The van der Waals surface area contributed by atoms with Crippen LogP contribution in [0.15, 0.2) is 84.9 Å². The van der Waals surface area contributed by atoms with Crippen LogP contribution in [0.25, 0.3) is 0 Å². The summed E-state index contributed by atoms with van der Waals surface area (Å²) in [6.45, 7) is 2.50. The van der Waals surface area contributed by atoms with Gasteiger partial charge in [0.1, 0.15) is 5.37 Å². The molecule has 3 heterocycles. The molecule has 0 bridgehead atoms. The minimum atomic E-state index is -0.393. The average Bonchev–Trinajstić information content (AvgIpc) is 3.21. The first-order chi connectivity index (χ1) is 20.1. The van der Waals surface area contributed by atoms with Gasteiger partial charge in [0.05, 0.1) is 5.25 Å². The Balaban J connectivity index is 1.06. The van der Waals surface area contributed by atoms with E-state index in [1.807, 2.05) is 69.3 Å². The van der Waals surface area contributed by atoms with Crippen molar-refractivity contribution < 1.29 is 14.4 Å². The number of hydrogen-bond donors (Lipinski definition) is 1. The minimum absolute atomic E-state index is 0.0266. The van der Waals surface area contributed by atoms with Crippen molar-refractivity contribution in [1.82, 2.24) is 14.7 Å². The number of fused-ring (bicyclic) bond motifs is 1. The minimum Gasteiger partial charge on any atom is -0.342 e. The number of rotatable bonds is 7. The molecule has 7 nitrogen and oxygen atoms in total. The first kappa shape index (κ1) is 27.4. The van der Waals surface area contributed by atoms with E-state index in [1.54, 1.807) is 11.8 Å². The van der Waals surface area contributed by atoms with Gasteiger partial charge in [0.2, 0.25) is 11.8 Å². The molecule has 0 spiro atoms. The van der Waals surface area contributed by atoms with Crippen molar-refractivity contribution >= 4 is 35.3 Å². The molecule has 3 aliphatic heterocycles. The maximum atomic E-state index is 13.6. The van der Waals surface area contributed by atoms with Crippen molar-refractivity contribution in [2.45, 2.75) is 48.8 Å². The summed E-state index contributed by atoms with van der Waals surface area (Å²) in [6, 6.07) is 28.3. The molecule has 2 atom stereocenters. The molecule has 3 aromatic carbocycles. The Morgan fingerprint density at radius 3 is 2.29 bits per heavy atom. The van der Waals surface area contributed by atoms with E-state index in [4.69, 9.17) is 0 Å². The Morgan fingerprint density at radius 1 is 0.854 bits per heavy atom. The van der Waals surface area contributed by atoms with E-state index in [1.165, 1.54) is 5.56 Å². The van der Waals surface area contributed by atoms with Crippen molar-refractivity contribution in [3.8, 4) is 0 Å². The van der Waals surface area contributed by atoms with Crippen molar-refractivity contribution in [2.75, 3.05) is 31.5 Å². The largest absolute Gasteiger partial charge is 0.342 e. The standard InChI is InChI=1S/C33H36N4O3S/c38-30(35-19-17-27(18-20-35)36-22-16-25-11-7-8-14-28(25)34-33(36)40)23-29-31(39)37(21-15-24-9-3-1-4-10-24)32(41-29)26-12-5-2-6-13-26/h1-14,27,29,32H,15-23H2,(H,34,40). The van der Waals surface area contributed by atoms with E-state index >= 15 is 0 Å². The van der Waals surface area contributed by atoms with Crippen molar-refractivity contribution in [2.24, 2.45) is 0 Å². The zero-order valence-corrected chi connectivity index (χ0v) is 24.0. The smallest absolute Gasteiger partial charge is 0.322 e. The number of piperidine rings is 1. The van der Waals surface area contributed by atoms with E-state index < -0.39 is 5.25 Å². The van der Waals surface area contributed by atoms with Gasteiger partial charge in [-0.2, -0.15) is 0 Å². The highest BCUT2D eigenvalue weighted by atomic mass is 32.2. The lowest BCUT2D eigenvalue weighted by Gasteiger charge is -2.38. The van der Waals surface area contributed by atoms with Crippen molar-refractivity contribution in [1.29, 1.82) is 0 Å². The van der Waals surface area contributed by atoms with Gasteiger partial charge in [-0.3, -0.25) is 9.59 Å². The Morgan fingerprint density at radius 2 is 1.54 bits per heavy atom. The molecule has 2 saturated heterocycles. The lowest BCUT2D eigenvalue weighted by molar-refractivity contribution is -0.136. The summed E-state index contributed by atoms with van der Waals surface area (Å²) < 4.78 is 0. The topological polar surface area (TPSA) is 73.0 Å². The summed E-state index contributed by atoms with van der Waals surface area (Å²) in [5, 5.41) is 2.57. The van der Waals surface area contributed by atoms with Crippen LogP contribution < -0.4 is 5.32 Å². The van der Waals surface area contributed by atoms with Crippen LogP contribution in [0.2, 0.25) is 0 Å². The average molecular weight is 569 g/mol. The molecule has 4 amide bonds. The maximum absolute atomic E-state index is 13.6. The second-order valence-corrected chi connectivity index (χ2v) is 12.3. The first-order valence-corrected chi connectivity index (χ1v) is 15.5. The van der Waals surface area contributed by atoms with Crippen LogP contribution in [0.5, 0.6) is 0 Å². The van der Waals surface area contributed by atoms with Crippen molar-refractivity contribution in [3.05, 3.63) is 102 Å². The number of benzene rings is 3. The number of para-hydroxylation sites is 1. The molecule has 212 valence electrons. The highest BCUT2D eigenvalue weighted by Crippen LogP contribution is 2.44. The van der Waals surface area contributed by atoms with Gasteiger partial charge in [0, 0.05) is 44.3 Å². The van der Waals surface area contributed by atoms with E-state index in [9.17, 15) is 14.4 Å². The number of amides is 4. The van der Waals surface area contributed by atoms with E-state index in [2.05, 4.69) is 35.6 Å². The quantitative estimate of drug-likeness (QED) is 0.418. The van der Waals surface area contributed by atoms with Crippen molar-refractivity contribution in [3.63, 3.8) is 0 Å². The van der Waals surface area contributed by atoms with Crippen LogP contribution in [0.4, 0.5) is 10.5 Å². The lowest BCUT2D eigenvalue weighted by Crippen LogP contribution is -2.50. The zero-order valence-electron chi connectivity index (χ0n) is 23.2. The summed E-state index contributed by atoms with van der Waals surface area (Å²) in [5.41, 5.74) is 4.33. The fraction of sp³-hybridized carbons (Fsp3) is 0.364. The lowest BCUT2D eigenvalue weighted by atomic mass is 10.0. The predicted octanol–water partition coefficient (Wildman–Crippen LogP) is 5.34. The highest BCUT2D eigenvalue weighted by molar-refractivity contribution is 8.01. The summed E-state index contributed by atoms with van der Waals surface area (Å²) >= 11 is 1.60. The molecule has 1 N–H and O–H groups in total. The molecule has 0 saturated carbocycles. The predicted molar refractivity (Wildman–Crippen MR) is 163 cm³/mol. The number of hydrogen-bond acceptors (Lipinski definition) is 4. The second kappa shape index (κ2) is 12.4. The molecule has 41 heavy (non-hydrogen) atoms. The number of nitrogens with zero attached hydrogens (tertiary/aromatic N) is 3. The van der Waals surface area contributed by atoms with Gasteiger partial charge in [-0.1, -0.05) is 78.9 Å². The van der Waals surface area contributed by atoms with Gasteiger partial charge in [0.25, 0.3) is 0 Å². The third-order valence-electron chi connectivity index (χ3n) is 8.46. The Hall–Kier alpha value is -3.78. The molecule has 6 rings (SSSR count). The Kier molecular flexibility index (Phi) is 8.28. The van der Waals surface area contributed by atoms with Crippen LogP contribution >= 0.6 is 11.8 Å². The number of anilines is 1. The molecule has 0 radical (unpaired) electrons. The fourth-order valence-electron chi connectivity index (χ4n) is 6.17. The summed E-state index contributed by atoms with van der Waals surface area (Å²) in [6.07, 6.45) is 3.30. The molecular weight excluding hydrogens is 532 g/mol. The maximum Gasteiger partial charge on any atom is 0.322 e. The van der Waals surface area contributed by atoms with Gasteiger partial charge >= 0.3 is 6.03 Å². The number of carbonyl (C=O) groups excluding carboxylic acids is 3. The fourth-order valence-corrected chi connectivity index (χ4v) is 7.65. The second-order valence-electron chi connectivity index (χ2n) is 11.0. The normalized spacial score (nSPS) is 21.4. The molecular formula is C33H36N4O3S. The molecule has 2 unspecified atom stereocenters. The molecule has 8 heteroatoms. The van der Waals surface area contributed by atoms with Gasteiger partial charge in [-0.25, -0.2) is 4.79 Å². The monoisotopic (exact) mass is 568 g/mol. The number of likely N-dealkylation sites (tertiary alicyclic amines) is 1. The van der Waals surface area contributed by atoms with Gasteiger partial charge in [-0.15, -0.1) is 11.8 Å². The third kappa shape index (κ3) is 6.12. The highest BCUT2D eigenvalue weighted by Gasteiger charge is 2.42. The van der Waals surface area contributed by atoms with Crippen LogP contribution in [0.3, 0.4) is 0 Å². The third-order valence-corrected chi connectivity index (χ3v) is 9.94. The SMILES string of the molecule is O=C(CC1SC(c2ccccc2)N(CCc2ccccc2)C1=O)N1CCC(N2CCc3ccccc3NC2=O)CC1.